The first-order valence-corrected chi connectivity index (χ1v) is 6.20. The van der Waals surface area contributed by atoms with E-state index < -0.39 is 0 Å². The fourth-order valence-corrected chi connectivity index (χ4v) is 1.79. The van der Waals surface area contributed by atoms with Crippen LogP contribution >= 0.6 is 15.9 Å². The van der Waals surface area contributed by atoms with E-state index >= 15 is 0 Å². The topological polar surface area (TPSA) is 35.2 Å². The Morgan fingerprint density at radius 3 is 2.35 bits per heavy atom. The van der Waals surface area contributed by atoms with Gasteiger partial charge in [0.05, 0.1) is 13.2 Å². The van der Waals surface area contributed by atoms with E-state index in [1.165, 1.54) is 5.56 Å². The van der Waals surface area contributed by atoms with Crippen molar-refractivity contribution in [2.24, 2.45) is 0 Å². The van der Waals surface area contributed by atoms with Crippen LogP contribution in [0, 0.1) is 0 Å². The quantitative estimate of drug-likeness (QED) is 0.871. The molecule has 2 nitrogen and oxygen atoms in total. The molecule has 2 aromatic rings. The summed E-state index contributed by atoms with van der Waals surface area (Å²) in [5.41, 5.74) is 8.81. The highest BCUT2D eigenvalue weighted by Gasteiger charge is 1.98. The molecule has 0 aliphatic carbocycles. The summed E-state index contributed by atoms with van der Waals surface area (Å²) in [7, 11) is 0. The first-order valence-electron chi connectivity index (χ1n) is 5.41. The van der Waals surface area contributed by atoms with Crippen molar-refractivity contribution in [2.75, 3.05) is 5.73 Å². The Morgan fingerprint density at radius 1 is 0.941 bits per heavy atom. The average Bonchev–Trinajstić information content (AvgIpc) is 2.35. The van der Waals surface area contributed by atoms with E-state index in [1.807, 2.05) is 36.4 Å². The van der Waals surface area contributed by atoms with Crippen LogP contribution in [0.25, 0.3) is 0 Å². The van der Waals surface area contributed by atoms with Crippen LogP contribution in [-0.2, 0) is 18.0 Å². The molecule has 2 N–H and O–H groups in total. The van der Waals surface area contributed by atoms with Crippen LogP contribution in [0.5, 0.6) is 0 Å². The molecule has 88 valence electrons. The molecular formula is C14H14BrNO. The summed E-state index contributed by atoms with van der Waals surface area (Å²) in [6.45, 7) is 1.20. The molecular weight excluding hydrogens is 278 g/mol. The van der Waals surface area contributed by atoms with Crippen LogP contribution in [0.2, 0.25) is 0 Å². The van der Waals surface area contributed by atoms with Gasteiger partial charge < -0.3 is 10.5 Å². The van der Waals surface area contributed by atoms with Crippen LogP contribution in [-0.4, -0.2) is 0 Å². The number of nitrogen functional groups attached to an aromatic ring is 1. The number of ether oxygens (including phenoxy) is 1. The average molecular weight is 292 g/mol. The Bertz CT molecular complexity index is 485. The largest absolute Gasteiger partial charge is 0.398 e. The number of hydrogen-bond donors (Lipinski definition) is 1. The predicted molar refractivity (Wildman–Crippen MR) is 73.5 cm³/mol. The van der Waals surface area contributed by atoms with E-state index in [-0.39, 0.29) is 0 Å². The summed E-state index contributed by atoms with van der Waals surface area (Å²) in [5, 5.41) is 0. The Kier molecular flexibility index (Phi) is 4.18. The van der Waals surface area contributed by atoms with E-state index in [2.05, 4.69) is 28.1 Å². The molecule has 0 unspecified atom stereocenters. The summed E-state index contributed by atoms with van der Waals surface area (Å²) in [6.07, 6.45) is 0. The summed E-state index contributed by atoms with van der Waals surface area (Å²) in [4.78, 5) is 0. The maximum Gasteiger partial charge on any atom is 0.0722 e. The molecule has 0 aliphatic heterocycles. The molecule has 0 saturated carbocycles. The van der Waals surface area contributed by atoms with Gasteiger partial charge in [0.15, 0.2) is 0 Å². The van der Waals surface area contributed by atoms with Gasteiger partial charge in [-0.1, -0.05) is 36.4 Å². The van der Waals surface area contributed by atoms with Crippen molar-refractivity contribution in [1.82, 2.24) is 0 Å². The first kappa shape index (κ1) is 12.1. The second kappa shape index (κ2) is 5.84. The maximum atomic E-state index is 5.80. The molecule has 2 aromatic carbocycles. The zero-order chi connectivity index (χ0) is 12.1. The molecule has 17 heavy (non-hydrogen) atoms. The summed E-state index contributed by atoms with van der Waals surface area (Å²) in [5.74, 6) is 0. The minimum absolute atomic E-state index is 0.576. The van der Waals surface area contributed by atoms with E-state index in [0.29, 0.717) is 13.2 Å². The molecule has 0 aromatic heterocycles. The Labute approximate surface area is 110 Å². The summed E-state index contributed by atoms with van der Waals surface area (Å²) < 4.78 is 6.55. The molecule has 0 fully saturated rings. The summed E-state index contributed by atoms with van der Waals surface area (Å²) in [6, 6.07) is 16.0. The zero-order valence-corrected chi connectivity index (χ0v) is 11.0. The van der Waals surface area contributed by atoms with Crippen LogP contribution in [0.4, 0.5) is 5.69 Å². The van der Waals surface area contributed by atoms with Crippen molar-refractivity contribution in [3.63, 3.8) is 0 Å². The lowest BCUT2D eigenvalue weighted by Gasteiger charge is -2.06. The van der Waals surface area contributed by atoms with Gasteiger partial charge in [0.1, 0.15) is 0 Å². The van der Waals surface area contributed by atoms with Crippen molar-refractivity contribution in [3.05, 3.63) is 64.1 Å². The molecule has 3 heteroatoms. The molecule has 0 amide bonds. The third-order valence-electron chi connectivity index (χ3n) is 2.44. The normalized spacial score (nSPS) is 10.4. The minimum atomic E-state index is 0.576. The Balaban J connectivity index is 1.88. The second-order valence-corrected chi connectivity index (χ2v) is 4.69. The maximum absolute atomic E-state index is 5.80. The van der Waals surface area contributed by atoms with Crippen molar-refractivity contribution in [2.45, 2.75) is 13.2 Å². The number of benzene rings is 2. The summed E-state index contributed by atoms with van der Waals surface area (Å²) >= 11 is 3.37. The van der Waals surface area contributed by atoms with Gasteiger partial charge in [-0.3, -0.25) is 0 Å². The lowest BCUT2D eigenvalue weighted by atomic mass is 10.2. The van der Waals surface area contributed by atoms with Crippen LogP contribution in [0.1, 0.15) is 11.1 Å². The number of hydrogen-bond acceptors (Lipinski definition) is 2. The van der Waals surface area contributed by atoms with Crippen LogP contribution in [0.15, 0.2) is 53.0 Å². The molecule has 0 radical (unpaired) electrons. The van der Waals surface area contributed by atoms with Gasteiger partial charge in [-0.05, 0) is 39.2 Å². The molecule has 0 heterocycles. The minimum Gasteiger partial charge on any atom is -0.398 e. The van der Waals surface area contributed by atoms with Gasteiger partial charge in [-0.15, -0.1) is 0 Å². The number of nitrogens with two attached hydrogens (primary N) is 1. The van der Waals surface area contributed by atoms with Gasteiger partial charge in [0, 0.05) is 10.2 Å². The van der Waals surface area contributed by atoms with Gasteiger partial charge in [0.25, 0.3) is 0 Å². The van der Waals surface area contributed by atoms with Gasteiger partial charge in [0.2, 0.25) is 0 Å². The second-order valence-electron chi connectivity index (χ2n) is 3.83. The highest BCUT2D eigenvalue weighted by atomic mass is 79.9. The zero-order valence-electron chi connectivity index (χ0n) is 9.40. The van der Waals surface area contributed by atoms with E-state index in [1.54, 1.807) is 0 Å². The molecule has 0 spiro atoms. The number of rotatable bonds is 4. The van der Waals surface area contributed by atoms with Crippen molar-refractivity contribution in [3.8, 4) is 0 Å². The smallest absolute Gasteiger partial charge is 0.0722 e. The molecule has 0 atom stereocenters. The third kappa shape index (κ3) is 3.58. The Hall–Kier alpha value is -1.32. The van der Waals surface area contributed by atoms with Crippen LogP contribution in [0.3, 0.4) is 0 Å². The van der Waals surface area contributed by atoms with E-state index in [4.69, 9.17) is 10.5 Å². The third-order valence-corrected chi connectivity index (χ3v) is 3.16. The van der Waals surface area contributed by atoms with Gasteiger partial charge >= 0.3 is 0 Å². The van der Waals surface area contributed by atoms with Gasteiger partial charge in [-0.25, -0.2) is 0 Å². The fourth-order valence-electron chi connectivity index (χ4n) is 1.54. The highest BCUT2D eigenvalue weighted by molar-refractivity contribution is 9.10. The van der Waals surface area contributed by atoms with Crippen molar-refractivity contribution < 1.29 is 4.74 Å². The molecule has 0 bridgehead atoms. The highest BCUT2D eigenvalue weighted by Crippen LogP contribution is 2.20. The molecule has 2 rings (SSSR count). The van der Waals surface area contributed by atoms with E-state index in [0.717, 1.165) is 15.7 Å². The van der Waals surface area contributed by atoms with Crippen molar-refractivity contribution in [1.29, 1.82) is 0 Å². The molecule has 0 saturated heterocycles. The lowest BCUT2D eigenvalue weighted by Crippen LogP contribution is -1.95. The number of halogens is 1. The lowest BCUT2D eigenvalue weighted by molar-refractivity contribution is 0.107. The van der Waals surface area contributed by atoms with Gasteiger partial charge in [-0.2, -0.15) is 0 Å². The fraction of sp³-hybridized carbons (Fsp3) is 0.143. The SMILES string of the molecule is Nc1cc(COCc2ccccc2)ccc1Br. The number of anilines is 1. The van der Waals surface area contributed by atoms with E-state index in [9.17, 15) is 0 Å². The van der Waals surface area contributed by atoms with Crippen LogP contribution < -0.4 is 5.73 Å². The standard InChI is InChI=1S/C14H14BrNO/c15-13-7-6-12(8-14(13)16)10-17-9-11-4-2-1-3-5-11/h1-8H,9-10,16H2. The Morgan fingerprint density at radius 2 is 1.65 bits per heavy atom. The first-order chi connectivity index (χ1) is 8.25. The van der Waals surface area contributed by atoms with Crippen molar-refractivity contribution >= 4 is 21.6 Å². The molecule has 0 aliphatic rings. The monoisotopic (exact) mass is 291 g/mol. The predicted octanol–water partition coefficient (Wildman–Crippen LogP) is 3.75.